The van der Waals surface area contributed by atoms with Gasteiger partial charge >= 0.3 is 0 Å². The van der Waals surface area contributed by atoms with Crippen molar-refractivity contribution in [3.63, 3.8) is 0 Å². The lowest BCUT2D eigenvalue weighted by molar-refractivity contribution is -0.100. The third-order valence-electron chi connectivity index (χ3n) is 3.01. The molecular formula is C15H15NO2. The quantitative estimate of drug-likeness (QED) is 0.603. The average molecular weight is 241 g/mol. The van der Waals surface area contributed by atoms with E-state index < -0.39 is 0 Å². The lowest BCUT2D eigenvalue weighted by Crippen LogP contribution is -2.16. The van der Waals surface area contributed by atoms with Gasteiger partial charge in [-0.3, -0.25) is 0 Å². The summed E-state index contributed by atoms with van der Waals surface area (Å²) in [5, 5.41) is 2.06. The fourth-order valence-electron chi connectivity index (χ4n) is 2.04. The van der Waals surface area contributed by atoms with Gasteiger partial charge in [-0.25, -0.2) is 4.85 Å². The van der Waals surface area contributed by atoms with Crippen LogP contribution in [0.15, 0.2) is 36.4 Å². The van der Waals surface area contributed by atoms with Gasteiger partial charge in [0.15, 0.2) is 12.0 Å². The minimum Gasteiger partial charge on any atom is -0.356 e. The molecule has 18 heavy (non-hydrogen) atoms. The van der Waals surface area contributed by atoms with Crippen LogP contribution in [0.25, 0.3) is 15.6 Å². The molecule has 2 rings (SSSR count). The van der Waals surface area contributed by atoms with E-state index in [0.717, 1.165) is 16.3 Å². The molecule has 3 heteroatoms. The average Bonchev–Trinajstić information content (AvgIpc) is 2.44. The van der Waals surface area contributed by atoms with Crippen LogP contribution in [0.5, 0.6) is 0 Å². The van der Waals surface area contributed by atoms with E-state index in [9.17, 15) is 0 Å². The van der Waals surface area contributed by atoms with Crippen molar-refractivity contribution in [2.75, 3.05) is 14.2 Å². The molecular weight excluding hydrogens is 226 g/mol. The second-order valence-electron chi connectivity index (χ2n) is 4.01. The Morgan fingerprint density at radius 1 is 1.11 bits per heavy atom. The van der Waals surface area contributed by atoms with Crippen molar-refractivity contribution >= 4 is 16.5 Å². The van der Waals surface area contributed by atoms with Crippen LogP contribution in [0, 0.1) is 6.57 Å². The van der Waals surface area contributed by atoms with Crippen molar-refractivity contribution in [1.29, 1.82) is 0 Å². The Morgan fingerprint density at radius 3 is 2.50 bits per heavy atom. The molecule has 0 unspecified atom stereocenters. The zero-order valence-corrected chi connectivity index (χ0v) is 10.5. The number of nitrogens with zero attached hydrogens (tertiary/aromatic N) is 1. The first-order valence-corrected chi connectivity index (χ1v) is 5.73. The summed E-state index contributed by atoms with van der Waals surface area (Å²) in [5.41, 5.74) is 1.64. The summed E-state index contributed by atoms with van der Waals surface area (Å²) in [7, 11) is 3.21. The predicted molar refractivity (Wildman–Crippen MR) is 71.7 cm³/mol. The summed E-state index contributed by atoms with van der Waals surface area (Å²) < 4.78 is 10.4. The number of rotatable bonds is 4. The van der Waals surface area contributed by atoms with Crippen LogP contribution in [0.1, 0.15) is 5.56 Å². The van der Waals surface area contributed by atoms with Crippen LogP contribution in [0.3, 0.4) is 0 Å². The number of ether oxygens (including phenoxy) is 2. The first-order valence-electron chi connectivity index (χ1n) is 5.73. The third-order valence-corrected chi connectivity index (χ3v) is 3.01. The predicted octanol–water partition coefficient (Wildman–Crippen LogP) is 3.55. The lowest BCUT2D eigenvalue weighted by atomic mass is 10.0. The molecule has 0 saturated heterocycles. The maximum atomic E-state index is 7.37. The second kappa shape index (κ2) is 5.63. The third kappa shape index (κ3) is 2.35. The Bertz CT molecular complexity index is 583. The molecule has 0 aromatic heterocycles. The van der Waals surface area contributed by atoms with E-state index in [2.05, 4.69) is 4.85 Å². The number of methoxy groups -OCH3 is 2. The minimum atomic E-state index is -0.313. The van der Waals surface area contributed by atoms with Gasteiger partial charge in [0.05, 0.1) is 6.57 Å². The standard InChI is InChI=1S/C15H15NO2/c1-16-15-12(10-14(17-2)18-3)9-8-11-6-4-5-7-13(11)15/h4-9,14H,10H2,2-3H3. The lowest BCUT2D eigenvalue weighted by Gasteiger charge is -2.15. The van der Waals surface area contributed by atoms with Crippen molar-refractivity contribution in [2.24, 2.45) is 0 Å². The Balaban J connectivity index is 2.49. The first-order chi connectivity index (χ1) is 8.80. The number of hydrogen-bond acceptors (Lipinski definition) is 2. The van der Waals surface area contributed by atoms with Crippen molar-refractivity contribution in [3.8, 4) is 0 Å². The fraction of sp³-hybridized carbons (Fsp3) is 0.267. The zero-order valence-electron chi connectivity index (χ0n) is 10.5. The van der Waals surface area contributed by atoms with Gasteiger partial charge in [-0.1, -0.05) is 36.4 Å². The summed E-state index contributed by atoms with van der Waals surface area (Å²) in [6.07, 6.45) is 0.266. The van der Waals surface area contributed by atoms with Crippen LogP contribution < -0.4 is 0 Å². The molecule has 0 atom stereocenters. The van der Waals surface area contributed by atoms with Gasteiger partial charge in [0, 0.05) is 20.6 Å². The monoisotopic (exact) mass is 241 g/mol. The molecule has 0 bridgehead atoms. The number of fused-ring (bicyclic) bond motifs is 1. The molecule has 2 aromatic rings. The molecule has 0 N–H and O–H groups in total. The molecule has 0 aliphatic heterocycles. The summed E-state index contributed by atoms with van der Waals surface area (Å²) in [5.74, 6) is 0. The molecule has 0 spiro atoms. The summed E-state index contributed by atoms with van der Waals surface area (Å²) in [6, 6.07) is 11.9. The normalized spacial score (nSPS) is 10.8. The fourth-order valence-corrected chi connectivity index (χ4v) is 2.04. The van der Waals surface area contributed by atoms with E-state index >= 15 is 0 Å². The van der Waals surface area contributed by atoms with Gasteiger partial charge in [-0.05, 0) is 16.3 Å². The highest BCUT2D eigenvalue weighted by atomic mass is 16.7. The van der Waals surface area contributed by atoms with E-state index in [4.69, 9.17) is 16.0 Å². The highest BCUT2D eigenvalue weighted by molar-refractivity contribution is 5.95. The minimum absolute atomic E-state index is 0.313. The van der Waals surface area contributed by atoms with Crippen LogP contribution in [0.2, 0.25) is 0 Å². The summed E-state index contributed by atoms with van der Waals surface area (Å²) in [4.78, 5) is 3.66. The molecule has 0 saturated carbocycles. The SMILES string of the molecule is [C-]#[N+]c1c(CC(OC)OC)ccc2ccccc12. The largest absolute Gasteiger partial charge is 0.356 e. The molecule has 2 aromatic carbocycles. The Hall–Kier alpha value is -1.89. The van der Waals surface area contributed by atoms with Gasteiger partial charge in [0.1, 0.15) is 0 Å². The van der Waals surface area contributed by atoms with Crippen LogP contribution in [0.4, 0.5) is 5.69 Å². The first kappa shape index (κ1) is 12.6. The van der Waals surface area contributed by atoms with E-state index in [1.807, 2.05) is 36.4 Å². The number of benzene rings is 2. The molecule has 0 radical (unpaired) electrons. The van der Waals surface area contributed by atoms with Crippen LogP contribution >= 0.6 is 0 Å². The maximum Gasteiger partial charge on any atom is 0.198 e. The molecule has 0 amide bonds. The maximum absolute atomic E-state index is 7.37. The summed E-state index contributed by atoms with van der Waals surface area (Å²) in [6.45, 7) is 7.37. The van der Waals surface area contributed by atoms with Crippen molar-refractivity contribution in [3.05, 3.63) is 53.4 Å². The molecule has 0 fully saturated rings. The van der Waals surface area contributed by atoms with Gasteiger partial charge in [0.2, 0.25) is 0 Å². The topological polar surface area (TPSA) is 22.8 Å². The summed E-state index contributed by atoms with van der Waals surface area (Å²) >= 11 is 0. The van der Waals surface area contributed by atoms with Crippen LogP contribution in [-0.2, 0) is 15.9 Å². The van der Waals surface area contributed by atoms with Gasteiger partial charge in [0.25, 0.3) is 0 Å². The molecule has 3 nitrogen and oxygen atoms in total. The highest BCUT2D eigenvalue weighted by Crippen LogP contribution is 2.31. The van der Waals surface area contributed by atoms with Gasteiger partial charge in [-0.15, -0.1) is 0 Å². The smallest absolute Gasteiger partial charge is 0.198 e. The molecule has 92 valence electrons. The Morgan fingerprint density at radius 2 is 1.83 bits per heavy atom. The van der Waals surface area contributed by atoms with Crippen molar-refractivity contribution in [1.82, 2.24) is 0 Å². The van der Waals surface area contributed by atoms with Crippen molar-refractivity contribution in [2.45, 2.75) is 12.7 Å². The Labute approximate surface area is 107 Å². The molecule has 0 aliphatic rings. The van der Waals surface area contributed by atoms with E-state index in [-0.39, 0.29) is 6.29 Å². The van der Waals surface area contributed by atoms with E-state index in [1.54, 1.807) is 14.2 Å². The van der Waals surface area contributed by atoms with Gasteiger partial charge in [-0.2, -0.15) is 0 Å². The Kier molecular flexibility index (Phi) is 3.93. The number of hydrogen-bond donors (Lipinski definition) is 0. The highest BCUT2D eigenvalue weighted by Gasteiger charge is 2.12. The van der Waals surface area contributed by atoms with Gasteiger partial charge < -0.3 is 9.47 Å². The van der Waals surface area contributed by atoms with Crippen molar-refractivity contribution < 1.29 is 9.47 Å². The molecule has 0 aliphatic carbocycles. The zero-order chi connectivity index (χ0) is 13.0. The van der Waals surface area contributed by atoms with E-state index in [1.165, 1.54) is 0 Å². The van der Waals surface area contributed by atoms with E-state index in [0.29, 0.717) is 12.1 Å². The molecule has 0 heterocycles. The second-order valence-corrected chi connectivity index (χ2v) is 4.01. The van der Waals surface area contributed by atoms with Crippen LogP contribution in [-0.4, -0.2) is 20.5 Å².